The number of hydrogen-bond donors (Lipinski definition) is 2. The molecule has 7 nitrogen and oxygen atoms in total. The molecule has 0 saturated heterocycles. The number of anilines is 1. The highest BCUT2D eigenvalue weighted by Gasteiger charge is 2.15. The van der Waals surface area contributed by atoms with Crippen molar-refractivity contribution < 1.29 is 9.59 Å². The van der Waals surface area contributed by atoms with E-state index in [0.717, 1.165) is 26.9 Å². The molecule has 3 rings (SSSR count). The Morgan fingerprint density at radius 2 is 1.82 bits per heavy atom. The Kier molecular flexibility index (Phi) is 8.46. The van der Waals surface area contributed by atoms with E-state index in [1.54, 1.807) is 18.2 Å². The van der Waals surface area contributed by atoms with Gasteiger partial charge in [0, 0.05) is 16.6 Å². The van der Waals surface area contributed by atoms with Gasteiger partial charge in [-0.25, -0.2) is 0 Å². The minimum Gasteiger partial charge on any atom is -0.345 e. The van der Waals surface area contributed by atoms with Gasteiger partial charge in [-0.05, 0) is 72.1 Å². The van der Waals surface area contributed by atoms with Crippen LogP contribution in [0, 0.1) is 20.8 Å². The van der Waals surface area contributed by atoms with Gasteiger partial charge in [0.15, 0.2) is 11.0 Å². The maximum Gasteiger partial charge on any atom is 0.251 e. The lowest BCUT2D eigenvalue weighted by molar-refractivity contribution is -0.113. The van der Waals surface area contributed by atoms with Gasteiger partial charge in [0.1, 0.15) is 0 Å². The molecule has 0 unspecified atom stereocenters. The van der Waals surface area contributed by atoms with Crippen molar-refractivity contribution in [1.82, 2.24) is 20.1 Å². The molecule has 9 heteroatoms. The van der Waals surface area contributed by atoms with E-state index in [4.69, 9.17) is 0 Å². The molecule has 0 aliphatic carbocycles. The van der Waals surface area contributed by atoms with Crippen molar-refractivity contribution in [3.63, 3.8) is 0 Å². The van der Waals surface area contributed by atoms with Crippen LogP contribution in [0.5, 0.6) is 0 Å². The summed E-state index contributed by atoms with van der Waals surface area (Å²) in [7, 11) is 0. The molecular weight excluding hydrogens is 502 g/mol. The second kappa shape index (κ2) is 11.3. The average molecular weight is 528 g/mol. The van der Waals surface area contributed by atoms with Crippen molar-refractivity contribution in [2.45, 2.75) is 39.0 Å². The maximum atomic E-state index is 12.5. The normalized spacial score (nSPS) is 10.7. The van der Waals surface area contributed by atoms with Gasteiger partial charge in [-0.1, -0.05) is 35.5 Å². The summed E-state index contributed by atoms with van der Waals surface area (Å²) in [5.41, 5.74) is 4.65. The molecule has 1 heterocycles. The van der Waals surface area contributed by atoms with Gasteiger partial charge in [0.05, 0.1) is 18.0 Å². The van der Waals surface area contributed by atoms with Crippen molar-refractivity contribution in [3.8, 4) is 0 Å². The highest BCUT2D eigenvalue weighted by Crippen LogP contribution is 2.26. The van der Waals surface area contributed by atoms with E-state index < -0.39 is 0 Å². The van der Waals surface area contributed by atoms with Gasteiger partial charge in [0.2, 0.25) is 5.91 Å². The van der Waals surface area contributed by atoms with E-state index in [1.807, 2.05) is 49.6 Å². The van der Waals surface area contributed by atoms with E-state index in [2.05, 4.69) is 43.3 Å². The van der Waals surface area contributed by atoms with Gasteiger partial charge >= 0.3 is 0 Å². The van der Waals surface area contributed by atoms with Gasteiger partial charge in [0.25, 0.3) is 5.91 Å². The van der Waals surface area contributed by atoms with E-state index in [0.29, 0.717) is 23.1 Å². The number of nitrogens with one attached hydrogen (secondary N) is 2. The van der Waals surface area contributed by atoms with Crippen molar-refractivity contribution in [2.75, 3.05) is 11.1 Å². The number of allylic oxidation sites excluding steroid dienone is 1. The zero-order valence-electron chi connectivity index (χ0n) is 18.8. The third kappa shape index (κ3) is 6.55. The SMILES string of the molecule is C=CCn1c(CNC(=O)c2ccc(C)cc2)nnc1SCC(=O)Nc1cc(C)c(C)cc1Br. The lowest BCUT2D eigenvalue weighted by Crippen LogP contribution is -2.24. The lowest BCUT2D eigenvalue weighted by atomic mass is 10.1. The Labute approximate surface area is 206 Å². The second-order valence-electron chi connectivity index (χ2n) is 7.60. The fourth-order valence-corrected chi connectivity index (χ4v) is 4.35. The number of aryl methyl sites for hydroxylation is 3. The molecule has 1 aromatic heterocycles. The molecule has 172 valence electrons. The first kappa shape index (κ1) is 24.7. The predicted molar refractivity (Wildman–Crippen MR) is 136 cm³/mol. The predicted octanol–water partition coefficient (Wildman–Crippen LogP) is 4.81. The summed E-state index contributed by atoms with van der Waals surface area (Å²) in [5.74, 6) is 0.432. The molecule has 0 fully saturated rings. The Bertz CT molecular complexity index is 1170. The summed E-state index contributed by atoms with van der Waals surface area (Å²) < 4.78 is 2.68. The number of thioether (sulfide) groups is 1. The van der Waals surface area contributed by atoms with Crippen LogP contribution in [0.3, 0.4) is 0 Å². The molecule has 0 aliphatic rings. The maximum absolute atomic E-state index is 12.5. The molecule has 0 spiro atoms. The van der Waals surface area contributed by atoms with Crippen LogP contribution in [-0.2, 0) is 17.9 Å². The number of carbonyl (C=O) groups excluding carboxylic acids is 2. The Hall–Kier alpha value is -2.91. The number of aromatic nitrogens is 3. The van der Waals surface area contributed by atoms with Gasteiger partial charge < -0.3 is 15.2 Å². The molecule has 33 heavy (non-hydrogen) atoms. The summed E-state index contributed by atoms with van der Waals surface area (Å²) in [6, 6.07) is 11.3. The van der Waals surface area contributed by atoms with Crippen LogP contribution in [0.4, 0.5) is 5.69 Å². The summed E-state index contributed by atoms with van der Waals surface area (Å²) >= 11 is 4.78. The van der Waals surface area contributed by atoms with Crippen molar-refractivity contribution in [3.05, 3.63) is 81.6 Å². The van der Waals surface area contributed by atoms with E-state index in [9.17, 15) is 9.59 Å². The molecule has 2 amide bonds. The minimum atomic E-state index is -0.185. The van der Waals surface area contributed by atoms with Gasteiger partial charge in [-0.3, -0.25) is 9.59 Å². The summed E-state index contributed by atoms with van der Waals surface area (Å²) in [6.07, 6.45) is 1.73. The fraction of sp³-hybridized carbons (Fsp3) is 0.250. The Morgan fingerprint density at radius 1 is 1.12 bits per heavy atom. The molecule has 2 aromatic carbocycles. The number of hydrogen-bond acceptors (Lipinski definition) is 5. The largest absolute Gasteiger partial charge is 0.345 e. The molecule has 2 N–H and O–H groups in total. The van der Waals surface area contributed by atoms with Gasteiger partial charge in [-0.15, -0.1) is 16.8 Å². The summed E-state index contributed by atoms with van der Waals surface area (Å²) in [6.45, 7) is 10.5. The summed E-state index contributed by atoms with van der Waals surface area (Å²) in [4.78, 5) is 24.9. The molecule has 0 bridgehead atoms. The van der Waals surface area contributed by atoms with Crippen LogP contribution in [0.25, 0.3) is 0 Å². The topological polar surface area (TPSA) is 88.9 Å². The Balaban J connectivity index is 1.62. The van der Waals surface area contributed by atoms with Crippen LogP contribution in [0.15, 0.2) is 58.7 Å². The van der Waals surface area contributed by atoms with Crippen LogP contribution < -0.4 is 10.6 Å². The molecule has 0 radical (unpaired) electrons. The van der Waals surface area contributed by atoms with Crippen LogP contribution in [-0.4, -0.2) is 32.3 Å². The highest BCUT2D eigenvalue weighted by atomic mass is 79.9. The van der Waals surface area contributed by atoms with E-state index >= 15 is 0 Å². The van der Waals surface area contributed by atoms with Crippen molar-refractivity contribution in [2.24, 2.45) is 0 Å². The average Bonchev–Trinajstić information content (AvgIpc) is 3.16. The fourth-order valence-electron chi connectivity index (χ4n) is 3.03. The Morgan fingerprint density at radius 3 is 2.52 bits per heavy atom. The number of halogens is 1. The summed E-state index contributed by atoms with van der Waals surface area (Å²) in [5, 5.41) is 14.8. The van der Waals surface area contributed by atoms with E-state index in [-0.39, 0.29) is 24.1 Å². The second-order valence-corrected chi connectivity index (χ2v) is 9.40. The van der Waals surface area contributed by atoms with Crippen LogP contribution in [0.2, 0.25) is 0 Å². The lowest BCUT2D eigenvalue weighted by Gasteiger charge is -2.11. The smallest absolute Gasteiger partial charge is 0.251 e. The molecule has 0 atom stereocenters. The third-order valence-corrected chi connectivity index (χ3v) is 6.64. The zero-order valence-corrected chi connectivity index (χ0v) is 21.2. The third-order valence-electron chi connectivity index (χ3n) is 5.02. The number of rotatable bonds is 9. The number of carbonyl (C=O) groups is 2. The van der Waals surface area contributed by atoms with Crippen molar-refractivity contribution in [1.29, 1.82) is 0 Å². The number of nitrogens with zero attached hydrogens (tertiary/aromatic N) is 3. The zero-order chi connectivity index (χ0) is 24.0. The molecule has 0 saturated carbocycles. The highest BCUT2D eigenvalue weighted by molar-refractivity contribution is 9.10. The quantitative estimate of drug-likeness (QED) is 0.307. The molecule has 0 aliphatic heterocycles. The minimum absolute atomic E-state index is 0.147. The van der Waals surface area contributed by atoms with Crippen LogP contribution in [0.1, 0.15) is 32.9 Å². The first-order chi connectivity index (χ1) is 15.8. The first-order valence-corrected chi connectivity index (χ1v) is 12.1. The van der Waals surface area contributed by atoms with Crippen molar-refractivity contribution >= 4 is 45.2 Å². The number of benzene rings is 2. The van der Waals surface area contributed by atoms with Crippen LogP contribution >= 0.6 is 27.7 Å². The first-order valence-electron chi connectivity index (χ1n) is 10.4. The molecule has 3 aromatic rings. The standard InChI is InChI=1S/C24H26BrN5O2S/c1-5-10-30-21(13-26-23(32)18-8-6-15(2)7-9-18)28-29-24(30)33-14-22(31)27-20-12-17(4)16(3)11-19(20)25/h5-9,11-12H,1,10,13-14H2,2-4H3,(H,26,32)(H,27,31). The number of amides is 2. The van der Waals surface area contributed by atoms with Gasteiger partial charge in [-0.2, -0.15) is 0 Å². The van der Waals surface area contributed by atoms with E-state index in [1.165, 1.54) is 11.8 Å². The monoisotopic (exact) mass is 527 g/mol. The molecular formula is C24H26BrN5O2S.